The predicted octanol–water partition coefficient (Wildman–Crippen LogP) is 4.42. The number of nitrogens with zero attached hydrogens (tertiary/aromatic N) is 2. The number of aryl methyl sites for hydroxylation is 2. The fraction of sp³-hybridized carbons (Fsp3) is 0.348. The molecule has 4 rings (SSSR count). The lowest BCUT2D eigenvalue weighted by molar-refractivity contribution is -0.192. The Morgan fingerprint density at radius 3 is 2.70 bits per heavy atom. The van der Waals surface area contributed by atoms with Crippen molar-refractivity contribution >= 4 is 5.97 Å². The number of aliphatic carboxylic acids is 1. The number of carboxylic acid groups (broad SMARTS) is 1. The van der Waals surface area contributed by atoms with E-state index >= 15 is 0 Å². The van der Waals surface area contributed by atoms with Crippen LogP contribution in [0.5, 0.6) is 5.75 Å². The van der Waals surface area contributed by atoms with Crippen LogP contribution < -0.4 is 10.1 Å². The van der Waals surface area contributed by atoms with E-state index in [1.54, 1.807) is 7.11 Å². The molecule has 33 heavy (non-hydrogen) atoms. The van der Waals surface area contributed by atoms with Gasteiger partial charge in [0.15, 0.2) is 5.76 Å². The van der Waals surface area contributed by atoms with Gasteiger partial charge in [0.25, 0.3) is 0 Å². The van der Waals surface area contributed by atoms with Gasteiger partial charge in [-0.05, 0) is 49.4 Å². The van der Waals surface area contributed by atoms with Gasteiger partial charge >= 0.3 is 12.1 Å². The molecule has 1 unspecified atom stereocenters. The number of hydrogen-bond acceptors (Lipinski definition) is 6. The molecule has 1 aromatic carbocycles. The van der Waals surface area contributed by atoms with Crippen molar-refractivity contribution in [3.05, 3.63) is 65.7 Å². The predicted molar refractivity (Wildman–Crippen MR) is 114 cm³/mol. The van der Waals surface area contributed by atoms with E-state index in [1.165, 1.54) is 11.3 Å². The molecular formula is C23H24F3N3O4. The molecule has 1 atom stereocenters. The van der Waals surface area contributed by atoms with Gasteiger partial charge in [0.05, 0.1) is 13.7 Å². The number of carboxylic acids is 1. The quantitative estimate of drug-likeness (QED) is 0.541. The number of alkyl halides is 3. The van der Waals surface area contributed by atoms with Crippen LogP contribution in [0.3, 0.4) is 0 Å². The fourth-order valence-corrected chi connectivity index (χ4v) is 3.47. The second kappa shape index (κ2) is 11.0. The standard InChI is InChI=1S/C21H23N3O2.C2HF3O2/c1-25-18-6-2-4-16(12-18)21-13-19(26-24-21)14-23-17-8-7-15-5-3-11-22-20(15)10-9-17;3-2(4,5)1(6)7/h2-6,11-13,17,23H,7-10,14H2,1H3;(H,6,7). The summed E-state index contributed by atoms with van der Waals surface area (Å²) in [7, 11) is 1.66. The van der Waals surface area contributed by atoms with Gasteiger partial charge in [0.2, 0.25) is 0 Å². The van der Waals surface area contributed by atoms with Gasteiger partial charge in [-0.25, -0.2) is 4.79 Å². The number of rotatable bonds is 5. The van der Waals surface area contributed by atoms with E-state index in [9.17, 15) is 13.2 Å². The largest absolute Gasteiger partial charge is 0.497 e. The maximum absolute atomic E-state index is 10.6. The van der Waals surface area contributed by atoms with Crippen LogP contribution in [0.15, 0.2) is 53.2 Å². The van der Waals surface area contributed by atoms with Crippen LogP contribution in [0.1, 0.15) is 29.9 Å². The second-order valence-electron chi connectivity index (χ2n) is 7.48. The molecule has 0 spiro atoms. The van der Waals surface area contributed by atoms with E-state index in [4.69, 9.17) is 19.2 Å². The van der Waals surface area contributed by atoms with E-state index in [-0.39, 0.29) is 0 Å². The molecule has 7 nitrogen and oxygen atoms in total. The number of nitrogens with one attached hydrogen (secondary N) is 1. The van der Waals surface area contributed by atoms with Crippen molar-refractivity contribution in [2.24, 2.45) is 0 Å². The van der Waals surface area contributed by atoms with Crippen LogP contribution >= 0.6 is 0 Å². The highest BCUT2D eigenvalue weighted by Crippen LogP contribution is 2.24. The third-order valence-electron chi connectivity index (χ3n) is 5.21. The van der Waals surface area contributed by atoms with Gasteiger partial charge in [0, 0.05) is 29.6 Å². The summed E-state index contributed by atoms with van der Waals surface area (Å²) in [6.07, 6.45) is 1.13. The number of benzene rings is 1. The number of carbonyl (C=O) groups is 1. The Balaban J connectivity index is 0.000000383. The Kier molecular flexibility index (Phi) is 8.05. The minimum absolute atomic E-state index is 0.467. The van der Waals surface area contributed by atoms with Crippen molar-refractivity contribution in [2.75, 3.05) is 7.11 Å². The number of fused-ring (bicyclic) bond motifs is 1. The van der Waals surface area contributed by atoms with Crippen LogP contribution in [0.25, 0.3) is 11.3 Å². The summed E-state index contributed by atoms with van der Waals surface area (Å²) < 4.78 is 42.5. The first kappa shape index (κ1) is 24.2. The van der Waals surface area contributed by atoms with E-state index in [0.29, 0.717) is 12.6 Å². The lowest BCUT2D eigenvalue weighted by Gasteiger charge is -2.14. The third kappa shape index (κ3) is 7.04. The SMILES string of the molecule is COc1cccc(-c2cc(CNC3CCc4cccnc4CC3)on2)c1.O=C(O)C(F)(F)F. The van der Waals surface area contributed by atoms with Gasteiger partial charge in [0.1, 0.15) is 11.4 Å². The molecule has 0 radical (unpaired) electrons. The summed E-state index contributed by atoms with van der Waals surface area (Å²) >= 11 is 0. The topological polar surface area (TPSA) is 97.5 Å². The van der Waals surface area contributed by atoms with Crippen LogP contribution in [0.4, 0.5) is 13.2 Å². The normalized spacial score (nSPS) is 15.6. The van der Waals surface area contributed by atoms with E-state index < -0.39 is 12.1 Å². The van der Waals surface area contributed by atoms with Crippen LogP contribution in [0, 0.1) is 0 Å². The summed E-state index contributed by atoms with van der Waals surface area (Å²) in [6, 6.07) is 14.5. The summed E-state index contributed by atoms with van der Waals surface area (Å²) in [4.78, 5) is 13.4. The summed E-state index contributed by atoms with van der Waals surface area (Å²) in [5, 5.41) is 14.9. The molecule has 1 aliphatic carbocycles. The zero-order chi connectivity index (χ0) is 23.8. The zero-order valence-corrected chi connectivity index (χ0v) is 17.9. The summed E-state index contributed by atoms with van der Waals surface area (Å²) in [6.45, 7) is 0.686. The van der Waals surface area contributed by atoms with Crippen molar-refractivity contribution in [3.8, 4) is 17.0 Å². The highest BCUT2D eigenvalue weighted by atomic mass is 19.4. The molecule has 0 amide bonds. The average molecular weight is 463 g/mol. The number of ether oxygens (including phenoxy) is 1. The number of aromatic nitrogens is 2. The molecule has 0 bridgehead atoms. The lowest BCUT2D eigenvalue weighted by Crippen LogP contribution is -2.28. The first-order valence-corrected chi connectivity index (χ1v) is 10.3. The molecule has 2 N–H and O–H groups in total. The van der Waals surface area contributed by atoms with Crippen LogP contribution in [-0.4, -0.2) is 40.5 Å². The maximum atomic E-state index is 10.6. The number of methoxy groups -OCH3 is 1. The van der Waals surface area contributed by atoms with E-state index in [2.05, 4.69) is 21.5 Å². The lowest BCUT2D eigenvalue weighted by atomic mass is 10.1. The average Bonchev–Trinajstić information content (AvgIpc) is 3.18. The summed E-state index contributed by atoms with van der Waals surface area (Å²) in [5.74, 6) is -1.09. The second-order valence-corrected chi connectivity index (χ2v) is 7.48. The molecule has 0 saturated heterocycles. The molecule has 2 aromatic heterocycles. The number of hydrogen-bond donors (Lipinski definition) is 2. The fourth-order valence-electron chi connectivity index (χ4n) is 3.47. The smallest absolute Gasteiger partial charge is 0.490 e. The first-order valence-electron chi connectivity index (χ1n) is 10.3. The van der Waals surface area contributed by atoms with Crippen LogP contribution in [0.2, 0.25) is 0 Å². The Morgan fingerprint density at radius 1 is 1.21 bits per heavy atom. The zero-order valence-electron chi connectivity index (χ0n) is 17.9. The van der Waals surface area contributed by atoms with Gasteiger partial charge < -0.3 is 19.7 Å². The van der Waals surface area contributed by atoms with Crippen molar-refractivity contribution in [2.45, 2.75) is 44.4 Å². The van der Waals surface area contributed by atoms with Crippen LogP contribution in [-0.2, 0) is 24.2 Å². The van der Waals surface area contributed by atoms with Gasteiger partial charge in [-0.3, -0.25) is 4.98 Å². The van der Waals surface area contributed by atoms with Crippen molar-refractivity contribution in [1.29, 1.82) is 0 Å². The minimum atomic E-state index is -5.08. The molecule has 1 aliphatic rings. The number of pyridine rings is 1. The highest BCUT2D eigenvalue weighted by molar-refractivity contribution is 5.73. The first-order chi connectivity index (χ1) is 15.8. The highest BCUT2D eigenvalue weighted by Gasteiger charge is 2.38. The minimum Gasteiger partial charge on any atom is -0.497 e. The molecule has 0 fully saturated rings. The summed E-state index contributed by atoms with van der Waals surface area (Å²) in [5.41, 5.74) is 4.46. The maximum Gasteiger partial charge on any atom is 0.490 e. The van der Waals surface area contributed by atoms with Crippen molar-refractivity contribution < 1.29 is 32.3 Å². The van der Waals surface area contributed by atoms with Gasteiger partial charge in [-0.2, -0.15) is 13.2 Å². The van der Waals surface area contributed by atoms with E-state index in [0.717, 1.165) is 48.5 Å². The monoisotopic (exact) mass is 463 g/mol. The van der Waals surface area contributed by atoms with Gasteiger partial charge in [-0.1, -0.05) is 23.4 Å². The Bertz CT molecular complexity index is 1040. The molecule has 0 saturated carbocycles. The van der Waals surface area contributed by atoms with Crippen molar-refractivity contribution in [1.82, 2.24) is 15.5 Å². The van der Waals surface area contributed by atoms with Gasteiger partial charge in [-0.15, -0.1) is 0 Å². The Morgan fingerprint density at radius 2 is 1.97 bits per heavy atom. The van der Waals surface area contributed by atoms with E-state index in [1.807, 2.05) is 42.6 Å². The molecule has 0 aliphatic heterocycles. The molecular weight excluding hydrogens is 439 g/mol. The Labute approximate surface area is 188 Å². The molecule has 176 valence electrons. The molecule has 3 aromatic rings. The number of halogens is 3. The Hall–Kier alpha value is -3.40. The molecule has 10 heteroatoms. The molecule has 2 heterocycles. The third-order valence-corrected chi connectivity index (χ3v) is 5.21. The van der Waals surface area contributed by atoms with Crippen molar-refractivity contribution in [3.63, 3.8) is 0 Å².